The number of halogens is 2. The Morgan fingerprint density at radius 3 is 2.82 bits per heavy atom. The maximum atomic E-state index is 12.5. The number of hydrogen-bond donors (Lipinski definition) is 2. The molecule has 1 fully saturated rings. The normalized spacial score (nSPS) is 23.5. The Hall–Kier alpha value is -1.20. The van der Waals surface area contributed by atoms with Gasteiger partial charge in [-0.2, -0.15) is 8.78 Å². The highest BCUT2D eigenvalue weighted by molar-refractivity contribution is 5.39. The monoisotopic (exact) mass is 313 g/mol. The lowest BCUT2D eigenvalue weighted by Crippen LogP contribution is -2.31. The molecule has 0 aliphatic heterocycles. The maximum Gasteiger partial charge on any atom is 0.387 e. The molecule has 0 bridgehead atoms. The average Bonchev–Trinajstić information content (AvgIpc) is 2.46. The lowest BCUT2D eigenvalue weighted by molar-refractivity contribution is -0.0507. The Labute approximate surface area is 130 Å². The van der Waals surface area contributed by atoms with Gasteiger partial charge in [-0.25, -0.2) is 0 Å². The molecule has 0 aromatic heterocycles. The number of aliphatic hydroxyl groups is 1. The van der Waals surface area contributed by atoms with E-state index in [2.05, 4.69) is 10.1 Å². The first kappa shape index (κ1) is 17.2. The number of nitrogens with one attached hydrogen (secondary N) is 1. The molecule has 2 N–H and O–H groups in total. The summed E-state index contributed by atoms with van der Waals surface area (Å²) in [5, 5.41) is 13.1. The molecule has 0 amide bonds. The molecule has 0 heterocycles. The lowest BCUT2D eigenvalue weighted by atomic mass is 9.87. The minimum Gasteiger partial charge on any atom is -0.434 e. The van der Waals surface area contributed by atoms with Crippen molar-refractivity contribution in [3.63, 3.8) is 0 Å². The molecule has 1 saturated carbocycles. The number of aryl methyl sites for hydroxylation is 1. The maximum absolute atomic E-state index is 12.5. The fraction of sp³-hybridized carbons (Fsp3) is 0.647. The number of rotatable bonds is 6. The van der Waals surface area contributed by atoms with Crippen LogP contribution in [-0.2, 0) is 0 Å². The van der Waals surface area contributed by atoms with Crippen LogP contribution in [0.4, 0.5) is 8.78 Å². The number of hydrogen-bond acceptors (Lipinski definition) is 3. The minimum absolute atomic E-state index is 0.0762. The molecule has 2 rings (SSSR count). The second-order valence-electron chi connectivity index (χ2n) is 6.24. The third-order valence-electron chi connectivity index (χ3n) is 4.32. The quantitative estimate of drug-likeness (QED) is 0.839. The SMILES string of the molecule is Cc1ccc(OC(F)F)c(C(C)NCC2CCCC(O)C2)c1. The van der Waals surface area contributed by atoms with Crippen molar-refractivity contribution in [1.29, 1.82) is 0 Å². The van der Waals surface area contributed by atoms with Crippen LogP contribution in [0.25, 0.3) is 0 Å². The van der Waals surface area contributed by atoms with Crippen molar-refractivity contribution >= 4 is 0 Å². The summed E-state index contributed by atoms with van der Waals surface area (Å²) in [6.07, 6.45) is 3.65. The summed E-state index contributed by atoms with van der Waals surface area (Å²) < 4.78 is 29.6. The first-order chi connectivity index (χ1) is 10.5. The predicted octanol–water partition coefficient (Wildman–Crippen LogP) is 3.80. The van der Waals surface area contributed by atoms with Crippen LogP contribution < -0.4 is 10.1 Å². The second kappa shape index (κ2) is 7.88. The highest BCUT2D eigenvalue weighted by Gasteiger charge is 2.21. The van der Waals surface area contributed by atoms with Gasteiger partial charge in [0.05, 0.1) is 6.10 Å². The van der Waals surface area contributed by atoms with Gasteiger partial charge in [0, 0.05) is 11.6 Å². The molecule has 0 saturated heterocycles. The standard InChI is InChI=1S/C17H25F2NO2/c1-11-6-7-16(22-17(18)19)15(8-11)12(2)20-10-13-4-3-5-14(21)9-13/h6-8,12-14,17,20-21H,3-5,9-10H2,1-2H3. The van der Waals surface area contributed by atoms with E-state index in [4.69, 9.17) is 0 Å². The molecule has 22 heavy (non-hydrogen) atoms. The number of benzene rings is 1. The van der Waals surface area contributed by atoms with Crippen LogP contribution in [0.2, 0.25) is 0 Å². The summed E-state index contributed by atoms with van der Waals surface area (Å²) in [6, 6.07) is 5.17. The Morgan fingerprint density at radius 2 is 2.14 bits per heavy atom. The van der Waals surface area contributed by atoms with Gasteiger partial charge in [-0.15, -0.1) is 0 Å². The zero-order valence-corrected chi connectivity index (χ0v) is 13.2. The number of ether oxygens (including phenoxy) is 1. The highest BCUT2D eigenvalue weighted by Crippen LogP contribution is 2.29. The summed E-state index contributed by atoms with van der Waals surface area (Å²) in [5.41, 5.74) is 1.76. The first-order valence-electron chi connectivity index (χ1n) is 7.92. The van der Waals surface area contributed by atoms with Crippen LogP contribution in [0.15, 0.2) is 18.2 Å². The van der Waals surface area contributed by atoms with Crippen molar-refractivity contribution in [1.82, 2.24) is 5.32 Å². The van der Waals surface area contributed by atoms with E-state index in [-0.39, 0.29) is 17.9 Å². The summed E-state index contributed by atoms with van der Waals surface area (Å²) in [7, 11) is 0. The fourth-order valence-corrected chi connectivity index (χ4v) is 3.11. The van der Waals surface area contributed by atoms with Crippen LogP contribution >= 0.6 is 0 Å². The predicted molar refractivity (Wildman–Crippen MR) is 82.2 cm³/mol. The van der Waals surface area contributed by atoms with E-state index in [0.29, 0.717) is 5.92 Å². The van der Waals surface area contributed by atoms with Crippen molar-refractivity contribution in [3.05, 3.63) is 29.3 Å². The topological polar surface area (TPSA) is 41.5 Å². The first-order valence-corrected chi connectivity index (χ1v) is 7.92. The molecule has 5 heteroatoms. The summed E-state index contributed by atoms with van der Waals surface area (Å²) >= 11 is 0. The van der Waals surface area contributed by atoms with Crippen molar-refractivity contribution in [3.8, 4) is 5.75 Å². The van der Waals surface area contributed by atoms with E-state index in [1.807, 2.05) is 19.9 Å². The van der Waals surface area contributed by atoms with Gasteiger partial charge in [0.1, 0.15) is 5.75 Å². The number of alkyl halides is 2. The molecule has 1 aromatic rings. The van der Waals surface area contributed by atoms with Crippen molar-refractivity contribution in [2.24, 2.45) is 5.92 Å². The molecule has 0 spiro atoms. The molecule has 3 nitrogen and oxygen atoms in total. The highest BCUT2D eigenvalue weighted by atomic mass is 19.3. The van der Waals surface area contributed by atoms with Gasteiger partial charge in [-0.3, -0.25) is 0 Å². The molecule has 1 aliphatic rings. The zero-order valence-electron chi connectivity index (χ0n) is 13.2. The third kappa shape index (κ3) is 4.92. The molecule has 1 aliphatic carbocycles. The van der Waals surface area contributed by atoms with E-state index in [1.165, 1.54) is 0 Å². The van der Waals surface area contributed by atoms with Crippen molar-refractivity contribution in [2.75, 3.05) is 6.54 Å². The van der Waals surface area contributed by atoms with Gasteiger partial charge < -0.3 is 15.2 Å². The molecular weight excluding hydrogens is 288 g/mol. The summed E-state index contributed by atoms with van der Waals surface area (Å²) in [4.78, 5) is 0. The van der Waals surface area contributed by atoms with Crippen LogP contribution in [0.1, 0.15) is 49.8 Å². The fourth-order valence-electron chi connectivity index (χ4n) is 3.11. The van der Waals surface area contributed by atoms with E-state index in [1.54, 1.807) is 12.1 Å². The Balaban J connectivity index is 1.98. The zero-order chi connectivity index (χ0) is 16.1. The van der Waals surface area contributed by atoms with E-state index < -0.39 is 6.61 Å². The Bertz CT molecular complexity index is 482. The summed E-state index contributed by atoms with van der Waals surface area (Å²) in [6.45, 7) is 1.84. The van der Waals surface area contributed by atoms with Gasteiger partial charge in [0.25, 0.3) is 0 Å². The lowest BCUT2D eigenvalue weighted by Gasteiger charge is -2.28. The largest absolute Gasteiger partial charge is 0.434 e. The average molecular weight is 313 g/mol. The third-order valence-corrected chi connectivity index (χ3v) is 4.32. The van der Waals surface area contributed by atoms with Crippen molar-refractivity contribution in [2.45, 2.75) is 58.3 Å². The molecule has 3 unspecified atom stereocenters. The molecule has 3 atom stereocenters. The molecule has 1 aromatic carbocycles. The van der Waals surface area contributed by atoms with Gasteiger partial charge in [0.2, 0.25) is 0 Å². The van der Waals surface area contributed by atoms with Crippen LogP contribution in [0, 0.1) is 12.8 Å². The number of aliphatic hydroxyl groups excluding tert-OH is 1. The van der Waals surface area contributed by atoms with Gasteiger partial charge in [-0.1, -0.05) is 24.1 Å². The van der Waals surface area contributed by atoms with Gasteiger partial charge in [-0.05, 0) is 51.6 Å². The molecule has 124 valence electrons. The molecule has 0 radical (unpaired) electrons. The minimum atomic E-state index is -2.82. The van der Waals surface area contributed by atoms with Crippen LogP contribution in [0.3, 0.4) is 0 Å². The van der Waals surface area contributed by atoms with E-state index in [9.17, 15) is 13.9 Å². The van der Waals surface area contributed by atoms with E-state index in [0.717, 1.165) is 43.4 Å². The van der Waals surface area contributed by atoms with E-state index >= 15 is 0 Å². The van der Waals surface area contributed by atoms with Crippen LogP contribution in [-0.4, -0.2) is 24.4 Å². The second-order valence-corrected chi connectivity index (χ2v) is 6.24. The van der Waals surface area contributed by atoms with Gasteiger partial charge in [0.15, 0.2) is 0 Å². The van der Waals surface area contributed by atoms with Crippen LogP contribution in [0.5, 0.6) is 5.75 Å². The summed E-state index contributed by atoms with van der Waals surface area (Å²) in [5.74, 6) is 0.666. The smallest absolute Gasteiger partial charge is 0.387 e. The van der Waals surface area contributed by atoms with Gasteiger partial charge >= 0.3 is 6.61 Å². The van der Waals surface area contributed by atoms with Crippen molar-refractivity contribution < 1.29 is 18.6 Å². The Kier molecular flexibility index (Phi) is 6.15. The Morgan fingerprint density at radius 1 is 1.36 bits per heavy atom. The molecular formula is C17H25F2NO2.